The van der Waals surface area contributed by atoms with Gasteiger partial charge >= 0.3 is 0 Å². The van der Waals surface area contributed by atoms with E-state index >= 15 is 0 Å². The quantitative estimate of drug-likeness (QED) is 0.449. The third-order valence-electron chi connectivity index (χ3n) is 5.69. The lowest BCUT2D eigenvalue weighted by Crippen LogP contribution is -2.42. The normalized spacial score (nSPS) is 17.2. The molecule has 2 aromatic rings. The first-order valence-corrected chi connectivity index (χ1v) is 14.0. The van der Waals surface area contributed by atoms with Crippen molar-refractivity contribution in [2.45, 2.75) is 64.6 Å². The molecule has 0 radical (unpaired) electrons. The number of rotatable bonds is 6. The van der Waals surface area contributed by atoms with Crippen molar-refractivity contribution in [2.75, 3.05) is 13.2 Å². The van der Waals surface area contributed by atoms with E-state index in [0.29, 0.717) is 13.2 Å². The summed E-state index contributed by atoms with van der Waals surface area (Å²) in [7, 11) is -2.01. The van der Waals surface area contributed by atoms with E-state index in [-0.39, 0.29) is 17.4 Å². The second-order valence-electron chi connectivity index (χ2n) is 8.77. The molecule has 1 unspecified atom stereocenters. The Labute approximate surface area is 179 Å². The molecule has 1 aromatic carbocycles. The molecule has 0 spiro atoms. The maximum Gasteiger partial charge on any atom is 0.193 e. The molecule has 0 aliphatic carbocycles. The highest BCUT2D eigenvalue weighted by molar-refractivity contribution is 7.12. The van der Waals surface area contributed by atoms with Gasteiger partial charge in [0, 0.05) is 9.90 Å². The number of hydrogen-bond acceptors (Lipinski definition) is 4. The lowest BCUT2D eigenvalue weighted by Gasteiger charge is -2.39. The van der Waals surface area contributed by atoms with Crippen molar-refractivity contribution in [3.8, 4) is 0 Å². The largest absolute Gasteiger partial charge is 0.406 e. The van der Waals surface area contributed by atoms with Gasteiger partial charge in [0.2, 0.25) is 0 Å². The molecule has 1 fully saturated rings. The molecule has 28 heavy (non-hydrogen) atoms. The van der Waals surface area contributed by atoms with E-state index in [4.69, 9.17) is 25.5 Å². The van der Waals surface area contributed by atoms with E-state index in [0.717, 1.165) is 21.9 Å². The van der Waals surface area contributed by atoms with Gasteiger partial charge in [-0.2, -0.15) is 0 Å². The average molecular weight is 439 g/mol. The molecular formula is C22H31ClO3SSi. The first-order valence-electron chi connectivity index (χ1n) is 9.91. The molecule has 6 heteroatoms. The standard InChI is InChI=1S/C22H31ClO3SSi/c1-7-18-17(14-19(27-18)21-24-11-12-25-21)20(15-9-8-10-16(23)13-15)26-28(5,6)22(2,3)4/h8-10,13-14,20-21H,7,11-12H2,1-6H3. The van der Waals surface area contributed by atoms with E-state index in [9.17, 15) is 0 Å². The maximum absolute atomic E-state index is 6.95. The number of thiophene rings is 1. The average Bonchev–Trinajstić information content (AvgIpc) is 3.28. The number of halogens is 1. The van der Waals surface area contributed by atoms with Crippen molar-refractivity contribution in [3.05, 3.63) is 56.2 Å². The number of benzene rings is 1. The zero-order valence-corrected chi connectivity index (χ0v) is 20.2. The van der Waals surface area contributed by atoms with Gasteiger partial charge < -0.3 is 13.9 Å². The van der Waals surface area contributed by atoms with E-state index in [1.165, 1.54) is 10.4 Å². The van der Waals surface area contributed by atoms with Gasteiger partial charge in [0.15, 0.2) is 14.6 Å². The lowest BCUT2D eigenvalue weighted by atomic mass is 10.0. The number of ether oxygens (including phenoxy) is 2. The Kier molecular flexibility index (Phi) is 6.74. The van der Waals surface area contributed by atoms with Gasteiger partial charge in [-0.25, -0.2) is 0 Å². The van der Waals surface area contributed by atoms with Gasteiger partial charge in [-0.1, -0.05) is 51.4 Å². The summed E-state index contributed by atoms with van der Waals surface area (Å²) in [6.07, 6.45) is 0.558. The summed E-state index contributed by atoms with van der Waals surface area (Å²) in [5.74, 6) is 0. The van der Waals surface area contributed by atoms with Crippen molar-refractivity contribution in [3.63, 3.8) is 0 Å². The molecule has 3 nitrogen and oxygen atoms in total. The Morgan fingerprint density at radius 3 is 2.46 bits per heavy atom. The second-order valence-corrected chi connectivity index (χ2v) is 15.1. The van der Waals surface area contributed by atoms with E-state index in [2.05, 4.69) is 52.9 Å². The Hall–Kier alpha value is -0.693. The highest BCUT2D eigenvalue weighted by Gasteiger charge is 2.40. The zero-order valence-electron chi connectivity index (χ0n) is 17.7. The predicted molar refractivity (Wildman–Crippen MR) is 120 cm³/mol. The first-order chi connectivity index (χ1) is 13.1. The van der Waals surface area contributed by atoms with Crippen LogP contribution in [0.25, 0.3) is 0 Å². The van der Waals surface area contributed by atoms with Crippen LogP contribution in [0.5, 0.6) is 0 Å². The molecule has 3 rings (SSSR count). The van der Waals surface area contributed by atoms with Crippen LogP contribution in [-0.4, -0.2) is 21.5 Å². The highest BCUT2D eigenvalue weighted by Crippen LogP contribution is 2.45. The smallest absolute Gasteiger partial charge is 0.193 e. The molecule has 2 heterocycles. The molecule has 1 saturated heterocycles. The Morgan fingerprint density at radius 1 is 1.21 bits per heavy atom. The third kappa shape index (κ3) is 4.72. The van der Waals surface area contributed by atoms with Crippen LogP contribution < -0.4 is 0 Å². The van der Waals surface area contributed by atoms with Gasteiger partial charge in [-0.15, -0.1) is 11.3 Å². The fourth-order valence-electron chi connectivity index (χ4n) is 3.05. The van der Waals surface area contributed by atoms with Gasteiger partial charge in [-0.05, 0) is 53.9 Å². The van der Waals surface area contributed by atoms with E-state index in [1.54, 1.807) is 11.3 Å². The molecular weight excluding hydrogens is 408 g/mol. The van der Waals surface area contributed by atoms with E-state index < -0.39 is 8.32 Å². The van der Waals surface area contributed by atoms with Crippen molar-refractivity contribution in [1.29, 1.82) is 0 Å². The molecule has 1 aliphatic rings. The molecule has 0 N–H and O–H groups in total. The fourth-order valence-corrected chi connectivity index (χ4v) is 5.59. The molecule has 1 atom stereocenters. The Balaban J connectivity index is 2.06. The summed E-state index contributed by atoms with van der Waals surface area (Å²) in [6, 6.07) is 10.3. The van der Waals surface area contributed by atoms with Crippen LogP contribution >= 0.6 is 22.9 Å². The number of aryl methyl sites for hydroxylation is 1. The van der Waals surface area contributed by atoms with Crippen molar-refractivity contribution in [2.24, 2.45) is 0 Å². The minimum atomic E-state index is -2.01. The van der Waals surface area contributed by atoms with Gasteiger partial charge in [-0.3, -0.25) is 0 Å². The molecule has 0 bridgehead atoms. The lowest BCUT2D eigenvalue weighted by molar-refractivity contribution is -0.0413. The summed E-state index contributed by atoms with van der Waals surface area (Å²) >= 11 is 8.11. The maximum atomic E-state index is 6.95. The summed E-state index contributed by atoms with van der Waals surface area (Å²) in [6.45, 7) is 14.9. The second kappa shape index (κ2) is 8.58. The SMILES string of the molecule is CCc1sc(C2OCCO2)cc1C(O[Si](C)(C)C(C)(C)C)c1cccc(Cl)c1. The van der Waals surface area contributed by atoms with Crippen molar-refractivity contribution < 1.29 is 13.9 Å². The van der Waals surface area contributed by atoms with Gasteiger partial charge in [0.05, 0.1) is 24.2 Å². The van der Waals surface area contributed by atoms with Gasteiger partial charge in [0.25, 0.3) is 0 Å². The molecule has 1 aliphatic heterocycles. The fraction of sp³-hybridized carbons (Fsp3) is 0.545. The topological polar surface area (TPSA) is 27.7 Å². The minimum absolute atomic E-state index is 0.118. The van der Waals surface area contributed by atoms with Gasteiger partial charge in [0.1, 0.15) is 0 Å². The summed E-state index contributed by atoms with van der Waals surface area (Å²) < 4.78 is 18.4. The third-order valence-corrected chi connectivity index (χ3v) is 11.7. The molecule has 154 valence electrons. The van der Waals surface area contributed by atoms with Crippen LogP contribution in [0.4, 0.5) is 0 Å². The molecule has 1 aromatic heterocycles. The summed E-state index contributed by atoms with van der Waals surface area (Å²) in [5.41, 5.74) is 2.32. The van der Waals surface area contributed by atoms with Crippen LogP contribution in [-0.2, 0) is 20.3 Å². The first kappa shape index (κ1) is 22.0. The van der Waals surface area contributed by atoms with Crippen LogP contribution in [0, 0.1) is 0 Å². The van der Waals surface area contributed by atoms with Crippen LogP contribution in [0.3, 0.4) is 0 Å². The molecule has 0 saturated carbocycles. The highest BCUT2D eigenvalue weighted by atomic mass is 35.5. The zero-order chi connectivity index (χ0) is 20.5. The predicted octanol–water partition coefficient (Wildman–Crippen LogP) is 7.12. The van der Waals surface area contributed by atoms with Crippen LogP contribution in [0.2, 0.25) is 23.2 Å². The Morgan fingerprint density at radius 2 is 1.89 bits per heavy atom. The Bertz CT molecular complexity index is 806. The summed E-state index contributed by atoms with van der Waals surface area (Å²) in [5, 5.41) is 0.851. The minimum Gasteiger partial charge on any atom is -0.406 e. The van der Waals surface area contributed by atoms with Crippen molar-refractivity contribution >= 4 is 31.3 Å². The monoisotopic (exact) mass is 438 g/mol. The van der Waals surface area contributed by atoms with Crippen LogP contribution in [0.15, 0.2) is 30.3 Å². The summed E-state index contributed by atoms with van der Waals surface area (Å²) in [4.78, 5) is 2.44. The molecule has 0 amide bonds. The van der Waals surface area contributed by atoms with E-state index in [1.807, 2.05) is 18.2 Å². The van der Waals surface area contributed by atoms with Crippen molar-refractivity contribution in [1.82, 2.24) is 0 Å². The van der Waals surface area contributed by atoms with Crippen LogP contribution in [0.1, 0.15) is 61.0 Å². The number of hydrogen-bond donors (Lipinski definition) is 0.